The molecule has 73 valence electrons. The monoisotopic (exact) mass is 193 g/mol. The fourth-order valence-electron chi connectivity index (χ4n) is 1.70. The molecule has 0 nitrogen and oxygen atoms in total. The van der Waals surface area contributed by atoms with Gasteiger partial charge in [-0.1, -0.05) is 55.1 Å². The lowest BCUT2D eigenvalue weighted by Crippen LogP contribution is -1.96. The first kappa shape index (κ1) is 9.76. The molecule has 0 heteroatoms. The Labute approximate surface area is 91.0 Å². The first-order valence-corrected chi connectivity index (χ1v) is 5.11. The van der Waals surface area contributed by atoms with Crippen molar-refractivity contribution in [1.82, 2.24) is 0 Å². The molecule has 1 unspecified atom stereocenters. The van der Waals surface area contributed by atoms with Crippen molar-refractivity contribution in [2.24, 2.45) is 5.92 Å². The summed E-state index contributed by atoms with van der Waals surface area (Å²) >= 11 is 0. The van der Waals surface area contributed by atoms with Crippen LogP contribution >= 0.6 is 0 Å². The molecule has 2 rings (SSSR count). The second-order valence-electron chi connectivity index (χ2n) is 3.55. The van der Waals surface area contributed by atoms with Crippen molar-refractivity contribution in [2.45, 2.75) is 6.42 Å². The lowest BCUT2D eigenvalue weighted by Gasteiger charge is -2.11. The Hall–Kier alpha value is -1.78. The Balaban J connectivity index is 2.16. The lowest BCUT2D eigenvalue weighted by molar-refractivity contribution is 0.804. The SMILES string of the molecule is C=C=[C]C1C=CC(c2ccccc2)=CC1. The van der Waals surface area contributed by atoms with Crippen molar-refractivity contribution >= 4 is 5.57 Å². The fraction of sp³-hybridized carbons (Fsp3) is 0.133. The maximum Gasteiger partial charge on any atom is 0.0138 e. The Kier molecular flexibility index (Phi) is 3.02. The minimum absolute atomic E-state index is 0.343. The highest BCUT2D eigenvalue weighted by atomic mass is 14.1. The van der Waals surface area contributed by atoms with Crippen molar-refractivity contribution in [2.75, 3.05) is 0 Å². The van der Waals surface area contributed by atoms with Gasteiger partial charge in [0.2, 0.25) is 0 Å². The largest absolute Gasteiger partial charge is 0.124 e. The smallest absolute Gasteiger partial charge is 0.0138 e. The van der Waals surface area contributed by atoms with E-state index in [0.29, 0.717) is 5.92 Å². The average molecular weight is 193 g/mol. The predicted octanol–water partition coefficient (Wildman–Crippen LogP) is 3.79. The van der Waals surface area contributed by atoms with Gasteiger partial charge in [0.05, 0.1) is 0 Å². The second kappa shape index (κ2) is 4.63. The van der Waals surface area contributed by atoms with Gasteiger partial charge in [0.15, 0.2) is 0 Å². The summed E-state index contributed by atoms with van der Waals surface area (Å²) in [6.45, 7) is 3.54. The van der Waals surface area contributed by atoms with Gasteiger partial charge in [-0.25, -0.2) is 0 Å². The quantitative estimate of drug-likeness (QED) is 0.627. The van der Waals surface area contributed by atoms with E-state index in [0.717, 1.165) is 6.42 Å². The summed E-state index contributed by atoms with van der Waals surface area (Å²) in [5.74, 6) is 0.343. The molecular formula is C15H13. The van der Waals surface area contributed by atoms with Crippen LogP contribution in [0.4, 0.5) is 0 Å². The molecule has 0 spiro atoms. The van der Waals surface area contributed by atoms with Crippen LogP contribution in [0.3, 0.4) is 0 Å². The van der Waals surface area contributed by atoms with Gasteiger partial charge in [-0.05, 0) is 17.6 Å². The molecule has 1 aliphatic rings. The van der Waals surface area contributed by atoms with E-state index in [2.05, 4.69) is 60.9 Å². The van der Waals surface area contributed by atoms with E-state index in [1.165, 1.54) is 11.1 Å². The zero-order valence-corrected chi connectivity index (χ0v) is 8.61. The highest BCUT2D eigenvalue weighted by molar-refractivity contribution is 5.74. The molecule has 1 aromatic carbocycles. The number of hydrogen-bond donors (Lipinski definition) is 0. The Morgan fingerprint density at radius 2 is 2.00 bits per heavy atom. The van der Waals surface area contributed by atoms with Gasteiger partial charge >= 0.3 is 0 Å². The minimum atomic E-state index is 0.343. The molecule has 0 aromatic heterocycles. The fourth-order valence-corrected chi connectivity index (χ4v) is 1.70. The summed E-state index contributed by atoms with van der Waals surface area (Å²) in [7, 11) is 0. The third-order valence-corrected chi connectivity index (χ3v) is 2.49. The van der Waals surface area contributed by atoms with Gasteiger partial charge in [-0.2, -0.15) is 0 Å². The molecule has 1 aromatic rings. The van der Waals surface area contributed by atoms with Crippen molar-refractivity contribution in [1.29, 1.82) is 0 Å². The Morgan fingerprint density at radius 3 is 2.60 bits per heavy atom. The Morgan fingerprint density at radius 1 is 1.20 bits per heavy atom. The van der Waals surface area contributed by atoms with Gasteiger partial charge in [0, 0.05) is 12.0 Å². The molecule has 0 saturated carbocycles. The molecule has 1 atom stereocenters. The van der Waals surface area contributed by atoms with Crippen molar-refractivity contribution < 1.29 is 0 Å². The lowest BCUT2D eigenvalue weighted by atomic mass is 9.93. The zero-order chi connectivity index (χ0) is 10.5. The standard InChI is InChI=1S/C15H13/c1-2-6-13-9-11-15(12-10-13)14-7-4-3-5-8-14/h3-5,7-9,11-13H,1,10H2. The predicted molar refractivity (Wildman–Crippen MR) is 64.0 cm³/mol. The molecule has 0 heterocycles. The summed E-state index contributed by atoms with van der Waals surface area (Å²) in [6, 6.07) is 10.4. The van der Waals surface area contributed by atoms with Crippen LogP contribution in [0.5, 0.6) is 0 Å². The molecule has 0 bridgehead atoms. The first-order valence-electron chi connectivity index (χ1n) is 5.11. The van der Waals surface area contributed by atoms with Gasteiger partial charge in [0.1, 0.15) is 0 Å². The average Bonchev–Trinajstić information content (AvgIpc) is 2.32. The van der Waals surface area contributed by atoms with Crippen LogP contribution in [0.15, 0.2) is 60.9 Å². The summed E-state index contributed by atoms with van der Waals surface area (Å²) < 4.78 is 0. The molecule has 0 aliphatic heterocycles. The van der Waals surface area contributed by atoms with Crippen LogP contribution in [0.25, 0.3) is 5.57 Å². The summed E-state index contributed by atoms with van der Waals surface area (Å²) in [5, 5.41) is 0. The number of hydrogen-bond acceptors (Lipinski definition) is 0. The van der Waals surface area contributed by atoms with Crippen LogP contribution in [0, 0.1) is 12.0 Å². The van der Waals surface area contributed by atoms with Crippen LogP contribution in [-0.4, -0.2) is 0 Å². The molecule has 0 saturated heterocycles. The minimum Gasteiger partial charge on any atom is -0.124 e. The van der Waals surface area contributed by atoms with Crippen molar-refractivity contribution in [3.63, 3.8) is 0 Å². The highest BCUT2D eigenvalue weighted by Gasteiger charge is 2.06. The van der Waals surface area contributed by atoms with E-state index >= 15 is 0 Å². The van der Waals surface area contributed by atoms with Gasteiger partial charge in [0.25, 0.3) is 0 Å². The van der Waals surface area contributed by atoms with Gasteiger partial charge in [-0.15, -0.1) is 5.73 Å². The maximum absolute atomic E-state index is 3.54. The third-order valence-electron chi connectivity index (χ3n) is 2.49. The van der Waals surface area contributed by atoms with Crippen molar-refractivity contribution in [3.05, 3.63) is 72.5 Å². The molecule has 1 aliphatic carbocycles. The molecule has 0 amide bonds. The van der Waals surface area contributed by atoms with E-state index in [1.54, 1.807) is 0 Å². The molecule has 15 heavy (non-hydrogen) atoms. The van der Waals surface area contributed by atoms with Crippen LogP contribution in [0.2, 0.25) is 0 Å². The van der Waals surface area contributed by atoms with Gasteiger partial charge in [-0.3, -0.25) is 0 Å². The van der Waals surface area contributed by atoms with E-state index in [4.69, 9.17) is 0 Å². The normalized spacial score (nSPS) is 19.2. The zero-order valence-electron chi connectivity index (χ0n) is 8.61. The highest BCUT2D eigenvalue weighted by Crippen LogP contribution is 2.23. The van der Waals surface area contributed by atoms with E-state index in [9.17, 15) is 0 Å². The molecular weight excluding hydrogens is 180 g/mol. The molecule has 0 fully saturated rings. The number of rotatable bonds is 2. The van der Waals surface area contributed by atoms with Gasteiger partial charge < -0.3 is 0 Å². The van der Waals surface area contributed by atoms with E-state index in [-0.39, 0.29) is 0 Å². The first-order chi connectivity index (χ1) is 7.40. The summed E-state index contributed by atoms with van der Waals surface area (Å²) in [4.78, 5) is 0. The number of allylic oxidation sites excluding steroid dienone is 5. The summed E-state index contributed by atoms with van der Waals surface area (Å²) in [5.41, 5.74) is 5.27. The molecule has 1 radical (unpaired) electrons. The van der Waals surface area contributed by atoms with E-state index < -0.39 is 0 Å². The number of benzene rings is 1. The molecule has 0 N–H and O–H groups in total. The topological polar surface area (TPSA) is 0 Å². The van der Waals surface area contributed by atoms with Crippen LogP contribution in [-0.2, 0) is 0 Å². The third kappa shape index (κ3) is 2.37. The van der Waals surface area contributed by atoms with E-state index in [1.807, 2.05) is 6.07 Å². The summed E-state index contributed by atoms with van der Waals surface area (Å²) in [6.07, 6.45) is 10.6. The van der Waals surface area contributed by atoms with Crippen molar-refractivity contribution in [3.8, 4) is 0 Å². The van der Waals surface area contributed by atoms with Crippen LogP contribution < -0.4 is 0 Å². The second-order valence-corrected chi connectivity index (χ2v) is 3.55. The Bertz CT molecular complexity index is 428. The maximum atomic E-state index is 3.54. The van der Waals surface area contributed by atoms with Crippen LogP contribution in [0.1, 0.15) is 12.0 Å².